The summed E-state index contributed by atoms with van der Waals surface area (Å²) in [5.74, 6) is -2.76. The molecule has 0 bridgehead atoms. The van der Waals surface area contributed by atoms with Crippen LogP contribution in [0.25, 0.3) is 0 Å². The van der Waals surface area contributed by atoms with E-state index in [1.54, 1.807) is 6.92 Å². The lowest BCUT2D eigenvalue weighted by atomic mass is 10.2. The molecule has 0 saturated heterocycles. The molecular formula is C10H14N2O7S. The quantitative estimate of drug-likeness (QED) is 0.594. The van der Waals surface area contributed by atoms with Crippen LogP contribution in [0.15, 0.2) is 10.6 Å². The average Bonchev–Trinajstić information content (AvgIpc) is 2.68. The third kappa shape index (κ3) is 5.36. The molecule has 1 rings (SSSR count). The van der Waals surface area contributed by atoms with Crippen molar-refractivity contribution in [1.82, 2.24) is 9.88 Å². The first kappa shape index (κ1) is 16.1. The molecule has 112 valence electrons. The maximum atomic E-state index is 11.8. The highest BCUT2D eigenvalue weighted by Crippen LogP contribution is 2.08. The lowest BCUT2D eigenvalue weighted by Gasteiger charge is -2.13. The summed E-state index contributed by atoms with van der Waals surface area (Å²) < 4.78 is 30.2. The minimum atomic E-state index is -3.96. The molecule has 0 aromatic carbocycles. The second-order valence-electron chi connectivity index (χ2n) is 4.13. The van der Waals surface area contributed by atoms with Crippen molar-refractivity contribution in [3.63, 3.8) is 0 Å². The number of sulfonamides is 1. The van der Waals surface area contributed by atoms with E-state index in [0.29, 0.717) is 5.76 Å². The van der Waals surface area contributed by atoms with Gasteiger partial charge in [-0.15, -0.1) is 0 Å². The van der Waals surface area contributed by atoms with E-state index in [9.17, 15) is 18.0 Å². The van der Waals surface area contributed by atoms with Crippen LogP contribution in [0.3, 0.4) is 0 Å². The summed E-state index contributed by atoms with van der Waals surface area (Å²) in [6.45, 7) is 1.59. The maximum Gasteiger partial charge on any atom is 0.321 e. The molecule has 0 aliphatic heterocycles. The van der Waals surface area contributed by atoms with E-state index >= 15 is 0 Å². The Morgan fingerprint density at radius 2 is 2.10 bits per heavy atom. The molecule has 9 nitrogen and oxygen atoms in total. The Bertz CT molecular complexity index is 593. The van der Waals surface area contributed by atoms with Gasteiger partial charge >= 0.3 is 11.9 Å². The van der Waals surface area contributed by atoms with Gasteiger partial charge in [0.05, 0.1) is 0 Å². The van der Waals surface area contributed by atoms with E-state index in [0.717, 1.165) is 0 Å². The van der Waals surface area contributed by atoms with Crippen molar-refractivity contribution in [2.45, 2.75) is 31.6 Å². The van der Waals surface area contributed by atoms with E-state index in [-0.39, 0.29) is 12.1 Å². The SMILES string of the molecule is Cc1cc(CS(=O)(=O)N[C@@H](CCC(=O)O)C(=O)O)no1. The Labute approximate surface area is 114 Å². The third-order valence-corrected chi connectivity index (χ3v) is 3.60. The number of hydrogen-bond donors (Lipinski definition) is 3. The molecule has 10 heteroatoms. The Hall–Kier alpha value is -1.94. The second kappa shape index (κ2) is 6.48. The maximum absolute atomic E-state index is 11.8. The van der Waals surface area contributed by atoms with Crippen LogP contribution in [0.2, 0.25) is 0 Å². The number of nitrogens with zero attached hydrogens (tertiary/aromatic N) is 1. The first-order valence-electron chi connectivity index (χ1n) is 5.56. The van der Waals surface area contributed by atoms with Gasteiger partial charge in [-0.05, 0) is 13.3 Å². The molecule has 1 aromatic heterocycles. The minimum Gasteiger partial charge on any atom is -0.481 e. The van der Waals surface area contributed by atoms with Gasteiger partial charge in [0.1, 0.15) is 23.2 Å². The van der Waals surface area contributed by atoms with Crippen molar-refractivity contribution in [1.29, 1.82) is 0 Å². The zero-order valence-electron chi connectivity index (χ0n) is 10.6. The third-order valence-electron chi connectivity index (χ3n) is 2.28. The zero-order chi connectivity index (χ0) is 15.3. The highest BCUT2D eigenvalue weighted by Gasteiger charge is 2.25. The van der Waals surface area contributed by atoms with Crippen LogP contribution >= 0.6 is 0 Å². The molecule has 1 aromatic rings. The lowest BCUT2D eigenvalue weighted by molar-refractivity contribution is -0.140. The number of nitrogens with one attached hydrogen (secondary N) is 1. The molecule has 0 unspecified atom stereocenters. The average molecular weight is 306 g/mol. The van der Waals surface area contributed by atoms with Gasteiger partial charge in [-0.3, -0.25) is 9.59 Å². The van der Waals surface area contributed by atoms with Crippen molar-refractivity contribution in [3.05, 3.63) is 17.5 Å². The molecule has 1 heterocycles. The predicted molar refractivity (Wildman–Crippen MR) is 65.3 cm³/mol. The number of carboxylic acids is 2. The van der Waals surface area contributed by atoms with Crippen LogP contribution in [-0.2, 0) is 25.4 Å². The Morgan fingerprint density at radius 3 is 2.55 bits per heavy atom. The molecule has 0 fully saturated rings. The molecule has 0 aliphatic carbocycles. The normalized spacial score (nSPS) is 13.1. The van der Waals surface area contributed by atoms with Crippen molar-refractivity contribution in [3.8, 4) is 0 Å². The fourth-order valence-electron chi connectivity index (χ4n) is 1.44. The fourth-order valence-corrected chi connectivity index (χ4v) is 2.70. The van der Waals surface area contributed by atoms with E-state index < -0.39 is 40.2 Å². The minimum absolute atomic E-state index is 0.136. The first-order chi connectivity index (χ1) is 9.19. The number of hydrogen-bond acceptors (Lipinski definition) is 6. The van der Waals surface area contributed by atoms with Crippen molar-refractivity contribution in [2.24, 2.45) is 0 Å². The van der Waals surface area contributed by atoms with E-state index in [2.05, 4.69) is 5.16 Å². The molecule has 3 N–H and O–H groups in total. The van der Waals surface area contributed by atoms with Gasteiger partial charge < -0.3 is 14.7 Å². The van der Waals surface area contributed by atoms with Gasteiger partial charge in [0.15, 0.2) is 0 Å². The number of aryl methyl sites for hydroxylation is 1. The summed E-state index contributed by atoms with van der Waals surface area (Å²) in [6, 6.07) is -0.0872. The van der Waals surface area contributed by atoms with Crippen LogP contribution in [-0.4, -0.2) is 41.8 Å². The number of carboxylic acid groups (broad SMARTS) is 2. The summed E-state index contributed by atoms with van der Waals surface area (Å²) in [6.07, 6.45) is -0.801. The molecule has 0 spiro atoms. The fraction of sp³-hybridized carbons (Fsp3) is 0.500. The summed E-state index contributed by atoms with van der Waals surface area (Å²) in [5, 5.41) is 20.8. The van der Waals surface area contributed by atoms with Crippen molar-refractivity contribution in [2.75, 3.05) is 0 Å². The van der Waals surface area contributed by atoms with E-state index in [1.165, 1.54) is 6.07 Å². The standard InChI is InChI=1S/C10H14N2O7S/c1-6-4-7(11-19-6)5-20(17,18)12-8(10(15)16)2-3-9(13)14/h4,8,12H,2-3,5H2,1H3,(H,13,14)(H,15,16)/t8-/m0/s1. The molecule has 0 saturated carbocycles. The number of aliphatic carboxylic acids is 2. The van der Waals surface area contributed by atoms with Crippen LogP contribution in [0, 0.1) is 6.92 Å². The van der Waals surface area contributed by atoms with E-state index in [4.69, 9.17) is 14.7 Å². The first-order valence-corrected chi connectivity index (χ1v) is 7.21. The molecule has 0 amide bonds. The Morgan fingerprint density at radius 1 is 1.45 bits per heavy atom. The Balaban J connectivity index is 2.70. The summed E-state index contributed by atoms with van der Waals surface area (Å²) in [5.41, 5.74) is 0.136. The smallest absolute Gasteiger partial charge is 0.321 e. The van der Waals surface area contributed by atoms with E-state index in [1.807, 2.05) is 4.72 Å². The lowest BCUT2D eigenvalue weighted by Crippen LogP contribution is -2.41. The van der Waals surface area contributed by atoms with Gasteiger partial charge in [0, 0.05) is 12.5 Å². The number of rotatable bonds is 8. The van der Waals surface area contributed by atoms with Gasteiger partial charge in [0.25, 0.3) is 0 Å². The second-order valence-corrected chi connectivity index (χ2v) is 5.88. The molecule has 0 radical (unpaired) electrons. The molecular weight excluding hydrogens is 292 g/mol. The zero-order valence-corrected chi connectivity index (χ0v) is 11.4. The van der Waals surface area contributed by atoms with Gasteiger partial charge in [0.2, 0.25) is 10.0 Å². The van der Waals surface area contributed by atoms with Gasteiger partial charge in [-0.25, -0.2) is 13.1 Å². The van der Waals surface area contributed by atoms with Gasteiger partial charge in [-0.1, -0.05) is 5.16 Å². The number of aromatic nitrogens is 1. The van der Waals surface area contributed by atoms with Crippen molar-refractivity contribution < 1.29 is 32.7 Å². The monoisotopic (exact) mass is 306 g/mol. The largest absolute Gasteiger partial charge is 0.481 e. The predicted octanol–water partition coefficient (Wildman–Crippen LogP) is -0.280. The Kier molecular flexibility index (Phi) is 5.22. The highest BCUT2D eigenvalue weighted by atomic mass is 32.2. The topological polar surface area (TPSA) is 147 Å². The molecule has 0 aliphatic rings. The van der Waals surface area contributed by atoms with Crippen LogP contribution in [0.4, 0.5) is 0 Å². The summed E-state index contributed by atoms with van der Waals surface area (Å²) in [7, 11) is -3.96. The summed E-state index contributed by atoms with van der Waals surface area (Å²) in [4.78, 5) is 21.3. The van der Waals surface area contributed by atoms with Gasteiger partial charge in [-0.2, -0.15) is 0 Å². The molecule has 1 atom stereocenters. The highest BCUT2D eigenvalue weighted by molar-refractivity contribution is 7.88. The van der Waals surface area contributed by atoms with Crippen LogP contribution in [0.5, 0.6) is 0 Å². The van der Waals surface area contributed by atoms with Crippen LogP contribution in [0.1, 0.15) is 24.3 Å². The van der Waals surface area contributed by atoms with Crippen LogP contribution < -0.4 is 4.72 Å². The molecule has 20 heavy (non-hydrogen) atoms. The number of carbonyl (C=O) groups is 2. The summed E-state index contributed by atoms with van der Waals surface area (Å²) >= 11 is 0. The van der Waals surface area contributed by atoms with Crippen molar-refractivity contribution >= 4 is 22.0 Å².